The van der Waals surface area contributed by atoms with Gasteiger partial charge in [-0.15, -0.1) is 6.42 Å². The van der Waals surface area contributed by atoms with Crippen molar-refractivity contribution in [3.63, 3.8) is 0 Å². The zero-order valence-electron chi connectivity index (χ0n) is 6.92. The van der Waals surface area contributed by atoms with Gasteiger partial charge in [-0.05, 0) is 0 Å². The van der Waals surface area contributed by atoms with Gasteiger partial charge in [0.25, 0.3) is 5.91 Å². The third kappa shape index (κ3) is 2.34. The van der Waals surface area contributed by atoms with Crippen molar-refractivity contribution in [1.29, 1.82) is 0 Å². The largest absolute Gasteiger partial charge is 0.341 e. The molecule has 0 aliphatic carbocycles. The molecule has 1 aromatic rings. The Balaban J connectivity index is 2.95. The van der Waals surface area contributed by atoms with Gasteiger partial charge in [0.2, 0.25) is 0 Å². The minimum atomic E-state index is -0.487. The molecule has 0 radical (unpaired) electrons. The molecule has 0 aliphatic rings. The predicted molar refractivity (Wildman–Crippen MR) is 53.2 cm³/mol. The van der Waals surface area contributed by atoms with E-state index in [9.17, 15) is 4.79 Å². The molecule has 0 atom stereocenters. The van der Waals surface area contributed by atoms with Gasteiger partial charge in [0, 0.05) is 0 Å². The topological polar surface area (TPSA) is 54.9 Å². The number of carbonyl (C=O) groups excluding carboxylic acids is 1. The Morgan fingerprint density at radius 3 is 2.57 bits per heavy atom. The summed E-state index contributed by atoms with van der Waals surface area (Å²) in [6.07, 6.45) is 6.14. The van der Waals surface area contributed by atoms with Gasteiger partial charge in [0.05, 0.1) is 6.54 Å². The standard InChI is InChI=1S/C8H5Cl2N3O/c1-2-3-11-8(14)5-6(9)12-4-13-7(5)10/h1,4H,3H2,(H,11,14). The molecule has 6 heteroatoms. The molecule has 1 rings (SSSR count). The van der Waals surface area contributed by atoms with E-state index in [-0.39, 0.29) is 22.4 Å². The van der Waals surface area contributed by atoms with Gasteiger partial charge in [0.1, 0.15) is 22.2 Å². The molecule has 0 aromatic carbocycles. The third-order valence-electron chi connectivity index (χ3n) is 1.33. The summed E-state index contributed by atoms with van der Waals surface area (Å²) in [5.41, 5.74) is 0.0334. The van der Waals surface area contributed by atoms with Crippen LogP contribution in [0.15, 0.2) is 6.33 Å². The number of aromatic nitrogens is 2. The molecule has 0 fully saturated rings. The molecule has 4 nitrogen and oxygen atoms in total. The maximum Gasteiger partial charge on any atom is 0.258 e. The summed E-state index contributed by atoms with van der Waals surface area (Å²) < 4.78 is 0. The summed E-state index contributed by atoms with van der Waals surface area (Å²) >= 11 is 11.3. The number of hydrogen-bond donors (Lipinski definition) is 1. The van der Waals surface area contributed by atoms with E-state index in [0.29, 0.717) is 0 Å². The van der Waals surface area contributed by atoms with Gasteiger partial charge in [-0.1, -0.05) is 29.1 Å². The van der Waals surface area contributed by atoms with Crippen LogP contribution in [0.3, 0.4) is 0 Å². The van der Waals surface area contributed by atoms with E-state index in [4.69, 9.17) is 29.6 Å². The lowest BCUT2D eigenvalue weighted by Gasteiger charge is -2.03. The molecule has 1 amide bonds. The van der Waals surface area contributed by atoms with Crippen molar-refractivity contribution < 1.29 is 4.79 Å². The van der Waals surface area contributed by atoms with Crippen LogP contribution in [-0.4, -0.2) is 22.4 Å². The van der Waals surface area contributed by atoms with Crippen LogP contribution in [0.1, 0.15) is 10.4 Å². The molecule has 1 aromatic heterocycles. The first-order valence-corrected chi connectivity index (χ1v) is 4.30. The first kappa shape index (κ1) is 10.8. The second kappa shape index (κ2) is 4.80. The van der Waals surface area contributed by atoms with Crippen LogP contribution in [0.25, 0.3) is 0 Å². The Morgan fingerprint density at radius 2 is 2.07 bits per heavy atom. The molecular weight excluding hydrogens is 225 g/mol. The Labute approximate surface area is 90.6 Å². The number of carbonyl (C=O) groups is 1. The maximum atomic E-state index is 11.4. The molecule has 0 bridgehead atoms. The van der Waals surface area contributed by atoms with Crippen LogP contribution in [0.4, 0.5) is 0 Å². The molecular formula is C8H5Cl2N3O. The predicted octanol–water partition coefficient (Wildman–Crippen LogP) is 1.15. The molecule has 1 heterocycles. The number of hydrogen-bond acceptors (Lipinski definition) is 3. The smallest absolute Gasteiger partial charge is 0.258 e. The van der Waals surface area contributed by atoms with E-state index < -0.39 is 5.91 Å². The number of rotatable bonds is 2. The summed E-state index contributed by atoms with van der Waals surface area (Å²) in [5, 5.41) is 2.41. The summed E-state index contributed by atoms with van der Waals surface area (Å²) in [6, 6.07) is 0. The number of terminal acetylenes is 1. The molecule has 1 N–H and O–H groups in total. The van der Waals surface area contributed by atoms with Gasteiger partial charge in [-0.2, -0.15) is 0 Å². The van der Waals surface area contributed by atoms with Crippen molar-refractivity contribution in [2.45, 2.75) is 0 Å². The van der Waals surface area contributed by atoms with E-state index in [1.807, 2.05) is 0 Å². The third-order valence-corrected chi connectivity index (χ3v) is 1.91. The fraction of sp³-hybridized carbons (Fsp3) is 0.125. The zero-order valence-corrected chi connectivity index (χ0v) is 8.43. The van der Waals surface area contributed by atoms with Crippen molar-refractivity contribution >= 4 is 29.1 Å². The van der Waals surface area contributed by atoms with Crippen LogP contribution in [0.5, 0.6) is 0 Å². The molecule has 0 unspecified atom stereocenters. The highest BCUT2D eigenvalue weighted by Gasteiger charge is 2.15. The van der Waals surface area contributed by atoms with E-state index in [1.165, 1.54) is 6.33 Å². The van der Waals surface area contributed by atoms with Crippen LogP contribution in [0, 0.1) is 12.3 Å². The Morgan fingerprint density at radius 1 is 1.50 bits per heavy atom. The van der Waals surface area contributed by atoms with Crippen molar-refractivity contribution in [1.82, 2.24) is 15.3 Å². The first-order valence-electron chi connectivity index (χ1n) is 3.54. The lowest BCUT2D eigenvalue weighted by molar-refractivity contribution is 0.0958. The summed E-state index contributed by atoms with van der Waals surface area (Å²) in [5.74, 6) is 1.76. The molecule has 0 spiro atoms. The number of nitrogens with zero attached hydrogens (tertiary/aromatic N) is 2. The SMILES string of the molecule is C#CCNC(=O)c1c(Cl)ncnc1Cl. The van der Waals surface area contributed by atoms with Crippen molar-refractivity contribution in [3.05, 3.63) is 22.2 Å². The highest BCUT2D eigenvalue weighted by Crippen LogP contribution is 2.18. The molecule has 0 saturated heterocycles. The maximum absolute atomic E-state index is 11.4. The minimum absolute atomic E-state index is 0.000443. The quantitative estimate of drug-likeness (QED) is 0.612. The normalized spacial score (nSPS) is 9.21. The summed E-state index contributed by atoms with van der Waals surface area (Å²) in [7, 11) is 0. The fourth-order valence-corrected chi connectivity index (χ4v) is 1.24. The fourth-order valence-electron chi connectivity index (χ4n) is 0.752. The van der Waals surface area contributed by atoms with Crippen molar-refractivity contribution in [2.24, 2.45) is 0 Å². The van der Waals surface area contributed by atoms with Crippen LogP contribution < -0.4 is 5.32 Å². The van der Waals surface area contributed by atoms with Gasteiger partial charge in [-0.3, -0.25) is 4.79 Å². The van der Waals surface area contributed by atoms with E-state index in [1.54, 1.807) is 0 Å². The number of amides is 1. The average molecular weight is 230 g/mol. The van der Waals surface area contributed by atoms with Crippen LogP contribution >= 0.6 is 23.2 Å². The Hall–Kier alpha value is -1.31. The number of nitrogens with one attached hydrogen (secondary N) is 1. The van der Waals surface area contributed by atoms with Crippen molar-refractivity contribution in [2.75, 3.05) is 6.54 Å². The summed E-state index contributed by atoms with van der Waals surface area (Å²) in [4.78, 5) is 18.6. The molecule has 0 saturated carbocycles. The highest BCUT2D eigenvalue weighted by atomic mass is 35.5. The average Bonchev–Trinajstić information content (AvgIpc) is 2.14. The van der Waals surface area contributed by atoms with Crippen LogP contribution in [0.2, 0.25) is 10.3 Å². The Bertz CT molecular complexity index is 380. The van der Waals surface area contributed by atoms with E-state index in [0.717, 1.165) is 0 Å². The Kier molecular flexibility index (Phi) is 3.69. The van der Waals surface area contributed by atoms with E-state index in [2.05, 4.69) is 21.2 Å². The zero-order chi connectivity index (χ0) is 10.6. The molecule has 72 valence electrons. The lowest BCUT2D eigenvalue weighted by Crippen LogP contribution is -2.24. The van der Waals surface area contributed by atoms with Gasteiger partial charge in [-0.25, -0.2) is 9.97 Å². The summed E-state index contributed by atoms with van der Waals surface area (Å²) in [6.45, 7) is 0.0976. The first-order chi connectivity index (χ1) is 6.66. The van der Waals surface area contributed by atoms with Crippen molar-refractivity contribution in [3.8, 4) is 12.3 Å². The van der Waals surface area contributed by atoms with Gasteiger partial charge < -0.3 is 5.32 Å². The molecule has 14 heavy (non-hydrogen) atoms. The number of halogens is 2. The molecule has 0 aliphatic heterocycles. The highest BCUT2D eigenvalue weighted by molar-refractivity contribution is 6.38. The van der Waals surface area contributed by atoms with Crippen LogP contribution in [-0.2, 0) is 0 Å². The lowest BCUT2D eigenvalue weighted by atomic mass is 10.3. The van der Waals surface area contributed by atoms with Gasteiger partial charge in [0.15, 0.2) is 0 Å². The van der Waals surface area contributed by atoms with Gasteiger partial charge >= 0.3 is 0 Å². The minimum Gasteiger partial charge on any atom is -0.341 e. The second-order valence-electron chi connectivity index (χ2n) is 2.22. The monoisotopic (exact) mass is 229 g/mol. The van der Waals surface area contributed by atoms with E-state index >= 15 is 0 Å². The second-order valence-corrected chi connectivity index (χ2v) is 2.93.